The number of sulfone groups is 1. The largest absolute Gasteiger partial charge is 0.335 e. The number of hydrogen-bond donors (Lipinski definition) is 0. The third-order valence-corrected chi connectivity index (χ3v) is 9.03. The molecule has 33 heavy (non-hydrogen) atoms. The maximum atomic E-state index is 13.2. The molecule has 0 radical (unpaired) electrons. The van der Waals surface area contributed by atoms with Crippen molar-refractivity contribution in [1.82, 2.24) is 24.1 Å². The average Bonchev–Trinajstić information content (AvgIpc) is 3.43. The lowest BCUT2D eigenvalue weighted by molar-refractivity contribution is -0.130. The highest BCUT2D eigenvalue weighted by molar-refractivity contribution is 7.99. The van der Waals surface area contributed by atoms with Crippen LogP contribution in [0.2, 0.25) is 0 Å². The summed E-state index contributed by atoms with van der Waals surface area (Å²) in [5, 5.41) is 9.76. The lowest BCUT2D eigenvalue weighted by Crippen LogP contribution is -2.43. The first-order valence-electron chi connectivity index (χ1n) is 11.4. The summed E-state index contributed by atoms with van der Waals surface area (Å²) in [6, 6.07) is 7.28. The van der Waals surface area contributed by atoms with E-state index in [1.54, 1.807) is 15.5 Å². The van der Waals surface area contributed by atoms with Gasteiger partial charge in [-0.2, -0.15) is 0 Å². The van der Waals surface area contributed by atoms with Crippen molar-refractivity contribution in [2.45, 2.75) is 62.8 Å². The molecule has 1 saturated heterocycles. The van der Waals surface area contributed by atoms with Crippen LogP contribution in [0.1, 0.15) is 39.0 Å². The molecule has 1 amide bonds. The molecule has 176 valence electrons. The van der Waals surface area contributed by atoms with E-state index in [1.807, 2.05) is 22.6 Å². The highest BCUT2D eigenvalue weighted by atomic mass is 32.2. The van der Waals surface area contributed by atoms with Gasteiger partial charge in [-0.25, -0.2) is 8.42 Å². The van der Waals surface area contributed by atoms with E-state index in [9.17, 15) is 18.0 Å². The van der Waals surface area contributed by atoms with Crippen molar-refractivity contribution in [3.63, 3.8) is 0 Å². The summed E-state index contributed by atoms with van der Waals surface area (Å²) >= 11 is 1.28. The Balaban J connectivity index is 1.45. The molecule has 1 aliphatic carbocycles. The Labute approximate surface area is 196 Å². The second-order valence-corrected chi connectivity index (χ2v) is 12.0. The number of aromatic nitrogens is 4. The zero-order valence-electron chi connectivity index (χ0n) is 18.5. The summed E-state index contributed by atoms with van der Waals surface area (Å²) in [5.74, 6) is 0.767. The van der Waals surface area contributed by atoms with Crippen molar-refractivity contribution in [2.75, 3.05) is 17.3 Å². The predicted molar refractivity (Wildman–Crippen MR) is 127 cm³/mol. The first-order chi connectivity index (χ1) is 15.9. The van der Waals surface area contributed by atoms with Crippen molar-refractivity contribution in [3.05, 3.63) is 34.6 Å². The molecule has 9 nitrogen and oxygen atoms in total. The number of thioether (sulfide) groups is 1. The molecular formula is C22H27N5O4S2. The van der Waals surface area contributed by atoms with Gasteiger partial charge in [-0.3, -0.25) is 18.6 Å². The smallest absolute Gasteiger partial charge is 0.262 e. The Morgan fingerprint density at radius 1 is 1.18 bits per heavy atom. The van der Waals surface area contributed by atoms with E-state index in [2.05, 4.69) is 17.1 Å². The number of rotatable bonds is 8. The first kappa shape index (κ1) is 22.4. The van der Waals surface area contributed by atoms with E-state index in [0.29, 0.717) is 34.8 Å². The van der Waals surface area contributed by atoms with Crippen molar-refractivity contribution >= 4 is 44.2 Å². The summed E-state index contributed by atoms with van der Waals surface area (Å²) in [5.41, 5.74) is 0.625. The molecule has 0 bridgehead atoms. The minimum Gasteiger partial charge on any atom is -0.335 e. The molecule has 2 aliphatic rings. The Hall–Kier alpha value is -2.40. The minimum absolute atomic E-state index is 0.0577. The molecule has 3 heterocycles. The van der Waals surface area contributed by atoms with E-state index in [0.717, 1.165) is 25.7 Å². The van der Waals surface area contributed by atoms with Gasteiger partial charge in [-0.15, -0.1) is 10.2 Å². The molecule has 0 N–H and O–H groups in total. The van der Waals surface area contributed by atoms with Crippen molar-refractivity contribution < 1.29 is 13.2 Å². The molecular weight excluding hydrogens is 462 g/mol. The van der Waals surface area contributed by atoms with E-state index >= 15 is 0 Å². The number of aryl methyl sites for hydroxylation is 1. The molecule has 2 fully saturated rings. The molecule has 1 aliphatic heterocycles. The van der Waals surface area contributed by atoms with Gasteiger partial charge in [0.05, 0.1) is 28.2 Å². The Morgan fingerprint density at radius 3 is 2.67 bits per heavy atom. The highest BCUT2D eigenvalue weighted by Gasteiger charge is 2.42. The number of nitrogens with zero attached hydrogens (tertiary/aromatic N) is 5. The van der Waals surface area contributed by atoms with Crippen LogP contribution in [-0.4, -0.2) is 67.7 Å². The molecule has 2 aromatic heterocycles. The number of fused-ring (bicyclic) bond motifs is 3. The van der Waals surface area contributed by atoms with Gasteiger partial charge in [0.25, 0.3) is 5.56 Å². The fourth-order valence-corrected chi connectivity index (χ4v) is 7.12. The van der Waals surface area contributed by atoms with Crippen LogP contribution >= 0.6 is 11.8 Å². The summed E-state index contributed by atoms with van der Waals surface area (Å²) in [6.07, 6.45) is 4.16. The van der Waals surface area contributed by atoms with Gasteiger partial charge in [-0.05, 0) is 37.8 Å². The molecule has 1 unspecified atom stereocenters. The zero-order chi connectivity index (χ0) is 23.2. The minimum atomic E-state index is -3.07. The Morgan fingerprint density at radius 2 is 1.97 bits per heavy atom. The van der Waals surface area contributed by atoms with E-state index in [1.165, 1.54) is 11.8 Å². The number of hydrogen-bond acceptors (Lipinski definition) is 7. The van der Waals surface area contributed by atoms with Crippen LogP contribution in [0.4, 0.5) is 0 Å². The first-order valence-corrected chi connectivity index (χ1v) is 14.2. The average molecular weight is 490 g/mol. The van der Waals surface area contributed by atoms with Crippen molar-refractivity contribution in [3.8, 4) is 0 Å². The molecule has 3 aromatic rings. The Kier molecular flexibility index (Phi) is 5.94. The van der Waals surface area contributed by atoms with Gasteiger partial charge < -0.3 is 4.90 Å². The van der Waals surface area contributed by atoms with E-state index < -0.39 is 9.84 Å². The fraction of sp³-hybridized carbons (Fsp3) is 0.545. The van der Waals surface area contributed by atoms with Crippen LogP contribution in [0.3, 0.4) is 0 Å². The van der Waals surface area contributed by atoms with Gasteiger partial charge >= 0.3 is 0 Å². The molecule has 1 atom stereocenters. The standard InChI is InChI=1S/C22H27N5O4S2/c1-2-3-11-25-20(29)17-6-4-5-7-18(17)27-21(25)23-24-22(27)32-13-19(28)26(15-8-9-15)16-10-12-33(30,31)14-16/h4-7,15-16H,2-3,8-14H2,1H3. The van der Waals surface area contributed by atoms with Crippen LogP contribution in [0.15, 0.2) is 34.2 Å². The van der Waals surface area contributed by atoms with E-state index in [-0.39, 0.29) is 40.8 Å². The van der Waals surface area contributed by atoms with Crippen molar-refractivity contribution in [1.29, 1.82) is 0 Å². The highest BCUT2D eigenvalue weighted by Crippen LogP contribution is 2.33. The normalized spacial score (nSPS) is 20.0. The van der Waals surface area contributed by atoms with Crippen LogP contribution in [-0.2, 0) is 21.2 Å². The van der Waals surface area contributed by atoms with Crippen LogP contribution in [0.5, 0.6) is 0 Å². The lowest BCUT2D eigenvalue weighted by atomic mass is 10.2. The van der Waals surface area contributed by atoms with Crippen LogP contribution in [0.25, 0.3) is 16.7 Å². The SMILES string of the molecule is CCCCn1c(=O)c2ccccc2n2c(SCC(=O)N(C3CC3)C3CCS(=O)(=O)C3)nnc12. The maximum absolute atomic E-state index is 13.2. The van der Waals surface area contributed by atoms with Gasteiger partial charge in [0.1, 0.15) is 0 Å². The monoisotopic (exact) mass is 489 g/mol. The van der Waals surface area contributed by atoms with Gasteiger partial charge in [-0.1, -0.05) is 37.2 Å². The van der Waals surface area contributed by atoms with Gasteiger partial charge in [0, 0.05) is 18.6 Å². The summed E-state index contributed by atoms with van der Waals surface area (Å²) < 4.78 is 27.4. The van der Waals surface area contributed by atoms with Gasteiger partial charge in [0.15, 0.2) is 15.0 Å². The zero-order valence-corrected chi connectivity index (χ0v) is 20.1. The molecule has 11 heteroatoms. The molecule has 1 aromatic carbocycles. The Bertz CT molecular complexity index is 1380. The number of benzene rings is 1. The van der Waals surface area contributed by atoms with Crippen molar-refractivity contribution in [2.24, 2.45) is 0 Å². The molecule has 0 spiro atoms. The lowest BCUT2D eigenvalue weighted by Gasteiger charge is -2.28. The molecule has 1 saturated carbocycles. The number of carbonyl (C=O) groups is 1. The predicted octanol–water partition coefficient (Wildman–Crippen LogP) is 2.11. The fourth-order valence-electron chi connectivity index (χ4n) is 4.60. The number of amides is 1. The number of carbonyl (C=O) groups excluding carboxylic acids is 1. The summed E-state index contributed by atoms with van der Waals surface area (Å²) in [6.45, 7) is 2.62. The topological polar surface area (TPSA) is 107 Å². The molecule has 5 rings (SSSR count). The maximum Gasteiger partial charge on any atom is 0.262 e. The second kappa shape index (κ2) is 8.75. The third kappa shape index (κ3) is 4.28. The quantitative estimate of drug-likeness (QED) is 0.446. The number of unbranched alkanes of at least 4 members (excludes halogenated alkanes) is 1. The summed E-state index contributed by atoms with van der Waals surface area (Å²) in [7, 11) is -3.07. The van der Waals surface area contributed by atoms with E-state index in [4.69, 9.17) is 0 Å². The third-order valence-electron chi connectivity index (χ3n) is 6.37. The summed E-state index contributed by atoms with van der Waals surface area (Å²) in [4.78, 5) is 28.0. The number of para-hydroxylation sites is 1. The van der Waals surface area contributed by atoms with Crippen LogP contribution < -0.4 is 5.56 Å². The second-order valence-electron chi connectivity index (χ2n) is 8.82. The van der Waals surface area contributed by atoms with Gasteiger partial charge in [0.2, 0.25) is 11.7 Å². The van der Waals surface area contributed by atoms with Crippen LogP contribution in [0, 0.1) is 0 Å².